The Morgan fingerprint density at radius 3 is 2.00 bits per heavy atom. The van der Waals surface area contributed by atoms with Gasteiger partial charge in [0.25, 0.3) is 0 Å². The first kappa shape index (κ1) is 8.19. The summed E-state index contributed by atoms with van der Waals surface area (Å²) in [5.41, 5.74) is 0. The summed E-state index contributed by atoms with van der Waals surface area (Å²) in [6.45, 7) is -1.60. The normalized spacial score (nSPS) is 11.5. The van der Waals surface area contributed by atoms with Crippen LogP contribution in [0.2, 0.25) is 0 Å². The van der Waals surface area contributed by atoms with Crippen molar-refractivity contribution in [3.63, 3.8) is 0 Å². The van der Waals surface area contributed by atoms with Crippen LogP contribution >= 0.6 is 22.6 Å². The maximum Gasteiger partial charge on any atom is 0.356 e. The maximum absolute atomic E-state index is 11.5. The van der Waals surface area contributed by atoms with Crippen LogP contribution in [-0.2, 0) is 4.79 Å². The predicted molar refractivity (Wildman–Crippen MR) is 29.9 cm³/mol. The van der Waals surface area contributed by atoms with Crippen LogP contribution in [0.5, 0.6) is 0 Å². The van der Waals surface area contributed by atoms with E-state index < -0.39 is 16.4 Å². The topological polar surface area (TPSA) is 17.1 Å². The molecule has 0 aromatic carbocycles. The van der Waals surface area contributed by atoms with Gasteiger partial charge in [-0.3, -0.25) is 4.79 Å². The second kappa shape index (κ2) is 2.65. The highest BCUT2D eigenvalue weighted by atomic mass is 127. The van der Waals surface area contributed by atoms with E-state index in [9.17, 15) is 18.0 Å². The van der Waals surface area contributed by atoms with Gasteiger partial charge in [0.15, 0.2) is 6.67 Å². The molecule has 0 aliphatic rings. The minimum Gasteiger partial charge on any atom is -0.289 e. The minimum atomic E-state index is -3.54. The predicted octanol–water partition coefficient (Wildman–Crippen LogP) is 1.55. The smallest absolute Gasteiger partial charge is 0.289 e. The Kier molecular flexibility index (Phi) is 2.72. The molecule has 0 bridgehead atoms. The summed E-state index contributed by atoms with van der Waals surface area (Å²) < 4.78 is 30.5. The number of Topliss-reactive ketones (excluding diaryl/α,β-unsaturated/α-hetero) is 1. The number of hydrogen-bond acceptors (Lipinski definition) is 1. The number of halogens is 4. The Morgan fingerprint density at radius 1 is 1.62 bits per heavy atom. The molecule has 0 aliphatic carbocycles. The van der Waals surface area contributed by atoms with Crippen molar-refractivity contribution >= 4 is 28.4 Å². The highest BCUT2D eigenvalue weighted by Crippen LogP contribution is 2.23. The van der Waals surface area contributed by atoms with Gasteiger partial charge in [-0.1, -0.05) is 0 Å². The van der Waals surface area contributed by atoms with Gasteiger partial charge < -0.3 is 0 Å². The Balaban J connectivity index is 3.82. The molecule has 5 heteroatoms. The summed E-state index contributed by atoms with van der Waals surface area (Å²) in [4.78, 5) is 9.70. The van der Waals surface area contributed by atoms with Gasteiger partial charge in [0.05, 0.1) is 0 Å². The Labute approximate surface area is 57.4 Å². The lowest BCUT2D eigenvalue weighted by Gasteiger charge is -2.00. The molecule has 48 valence electrons. The van der Waals surface area contributed by atoms with Crippen molar-refractivity contribution < 1.29 is 18.0 Å². The SMILES string of the molecule is O=C(CF)C(F)(F)I. The van der Waals surface area contributed by atoms with Crippen LogP contribution in [0.25, 0.3) is 0 Å². The second-order valence-electron chi connectivity index (χ2n) is 1.05. The fraction of sp³-hybridized carbons (Fsp3) is 0.667. The molecule has 0 N–H and O–H groups in total. The number of ketones is 1. The molecule has 0 amide bonds. The Morgan fingerprint density at radius 2 is 2.00 bits per heavy atom. The van der Waals surface area contributed by atoms with Crippen LogP contribution in [0.4, 0.5) is 13.2 Å². The number of rotatable bonds is 2. The van der Waals surface area contributed by atoms with Crippen molar-refractivity contribution in [1.29, 1.82) is 0 Å². The number of carbonyl (C=O) groups excluding carboxylic acids is 1. The van der Waals surface area contributed by atoms with Gasteiger partial charge >= 0.3 is 3.93 Å². The van der Waals surface area contributed by atoms with E-state index in [0.717, 1.165) is 0 Å². The lowest BCUT2D eigenvalue weighted by atomic mass is 10.5. The van der Waals surface area contributed by atoms with Crippen LogP contribution in [0, 0.1) is 0 Å². The molecule has 0 aromatic rings. The van der Waals surface area contributed by atoms with E-state index in [1.54, 1.807) is 0 Å². The van der Waals surface area contributed by atoms with Gasteiger partial charge in [-0.15, -0.1) is 0 Å². The quantitative estimate of drug-likeness (QED) is 0.526. The van der Waals surface area contributed by atoms with E-state index in [-0.39, 0.29) is 0 Å². The van der Waals surface area contributed by atoms with Crippen molar-refractivity contribution in [1.82, 2.24) is 0 Å². The van der Waals surface area contributed by atoms with Crippen LogP contribution in [0.15, 0.2) is 0 Å². The summed E-state index contributed by atoms with van der Waals surface area (Å²) in [5.74, 6) is -1.68. The maximum atomic E-state index is 11.5. The molecule has 0 saturated carbocycles. The third kappa shape index (κ3) is 2.49. The molecule has 0 unspecified atom stereocenters. The molecule has 0 spiro atoms. The van der Waals surface area contributed by atoms with Crippen molar-refractivity contribution in [3.8, 4) is 0 Å². The van der Waals surface area contributed by atoms with Crippen LogP contribution in [0.3, 0.4) is 0 Å². The fourth-order valence-electron chi connectivity index (χ4n) is 0.0758. The van der Waals surface area contributed by atoms with E-state index in [1.807, 2.05) is 0 Å². The average Bonchev–Trinajstić information content (AvgIpc) is 1.62. The zero-order valence-electron chi connectivity index (χ0n) is 3.63. The van der Waals surface area contributed by atoms with Crippen molar-refractivity contribution in [3.05, 3.63) is 0 Å². The summed E-state index contributed by atoms with van der Waals surface area (Å²) in [6.07, 6.45) is 0. The molecule has 8 heavy (non-hydrogen) atoms. The lowest BCUT2D eigenvalue weighted by Crippen LogP contribution is -2.21. The molecule has 0 saturated heterocycles. The summed E-state index contributed by atoms with van der Waals surface area (Å²) >= 11 is 0.580. The second-order valence-corrected chi connectivity index (χ2v) is 2.41. The van der Waals surface area contributed by atoms with Gasteiger partial charge in [-0.2, -0.15) is 8.78 Å². The monoisotopic (exact) mass is 238 g/mol. The van der Waals surface area contributed by atoms with Gasteiger partial charge in [0.2, 0.25) is 5.78 Å². The van der Waals surface area contributed by atoms with Crippen molar-refractivity contribution in [2.24, 2.45) is 0 Å². The zero-order valence-corrected chi connectivity index (χ0v) is 5.78. The van der Waals surface area contributed by atoms with Gasteiger partial charge in [0, 0.05) is 22.6 Å². The molecule has 0 fully saturated rings. The first-order chi connectivity index (χ1) is 3.48. The Hall–Kier alpha value is 0.190. The molecule has 0 heterocycles. The van der Waals surface area contributed by atoms with E-state index in [4.69, 9.17) is 0 Å². The lowest BCUT2D eigenvalue weighted by molar-refractivity contribution is -0.131. The largest absolute Gasteiger partial charge is 0.356 e. The molecule has 0 radical (unpaired) electrons. The van der Waals surface area contributed by atoms with E-state index in [2.05, 4.69) is 0 Å². The molecular formula is C3H2F3IO. The van der Waals surface area contributed by atoms with Crippen LogP contribution < -0.4 is 0 Å². The third-order valence-electron chi connectivity index (χ3n) is 0.438. The molecule has 0 atom stereocenters. The van der Waals surface area contributed by atoms with E-state index in [0.29, 0.717) is 22.6 Å². The third-order valence-corrected chi connectivity index (χ3v) is 1.04. The standard InChI is InChI=1S/C3H2F3IO/c4-1-2(8)3(5,6)7/h1H2. The average molecular weight is 238 g/mol. The highest BCUT2D eigenvalue weighted by Gasteiger charge is 2.33. The highest BCUT2D eigenvalue weighted by molar-refractivity contribution is 14.1. The molecular weight excluding hydrogens is 236 g/mol. The molecule has 0 aliphatic heterocycles. The van der Waals surface area contributed by atoms with Crippen molar-refractivity contribution in [2.45, 2.75) is 3.93 Å². The zero-order chi connectivity index (χ0) is 6.78. The van der Waals surface area contributed by atoms with Gasteiger partial charge in [-0.05, 0) is 0 Å². The number of alkyl halides is 4. The molecule has 0 rings (SSSR count). The number of hydrogen-bond donors (Lipinski definition) is 0. The van der Waals surface area contributed by atoms with E-state index >= 15 is 0 Å². The van der Waals surface area contributed by atoms with Crippen molar-refractivity contribution in [2.75, 3.05) is 6.67 Å². The fourth-order valence-corrected chi connectivity index (χ4v) is 0.220. The minimum absolute atomic E-state index is 0.580. The summed E-state index contributed by atoms with van der Waals surface area (Å²) in [7, 11) is 0. The van der Waals surface area contributed by atoms with E-state index in [1.165, 1.54) is 0 Å². The molecule has 0 aromatic heterocycles. The first-order valence-corrected chi connectivity index (χ1v) is 2.72. The van der Waals surface area contributed by atoms with Gasteiger partial charge in [0.1, 0.15) is 0 Å². The van der Waals surface area contributed by atoms with Crippen LogP contribution in [0.1, 0.15) is 0 Å². The van der Waals surface area contributed by atoms with Gasteiger partial charge in [-0.25, -0.2) is 4.39 Å². The molecule has 1 nitrogen and oxygen atoms in total. The summed E-state index contributed by atoms with van der Waals surface area (Å²) in [5, 5.41) is 0. The van der Waals surface area contributed by atoms with Crippen LogP contribution in [-0.4, -0.2) is 16.4 Å². The Bertz CT molecular complexity index is 97.2. The first-order valence-electron chi connectivity index (χ1n) is 1.64. The number of carbonyl (C=O) groups is 1. The summed E-state index contributed by atoms with van der Waals surface area (Å²) in [6, 6.07) is 0.